The van der Waals surface area contributed by atoms with Crippen LogP contribution in [-0.4, -0.2) is 21.2 Å². The molecule has 0 bridgehead atoms. The molecular formula is C7H14NO4PS. The molecule has 0 aliphatic rings. The molecule has 14 heavy (non-hydrogen) atoms. The van der Waals surface area contributed by atoms with Gasteiger partial charge in [0.2, 0.25) is 0 Å². The van der Waals surface area contributed by atoms with E-state index in [0.29, 0.717) is 0 Å². The van der Waals surface area contributed by atoms with Crippen LogP contribution >= 0.6 is 19.2 Å². The molecule has 0 unspecified atom stereocenters. The molecule has 82 valence electrons. The molecule has 7 heteroatoms. The summed E-state index contributed by atoms with van der Waals surface area (Å²) in [6, 6.07) is 4.23. The van der Waals surface area contributed by atoms with Gasteiger partial charge in [0.1, 0.15) is 0 Å². The third-order valence-electron chi connectivity index (χ3n) is 1.21. The lowest BCUT2D eigenvalue weighted by molar-refractivity contribution is 0.275. The van der Waals surface area contributed by atoms with Crippen LogP contribution in [0.5, 0.6) is 0 Å². The van der Waals surface area contributed by atoms with Crippen molar-refractivity contribution in [2.24, 2.45) is 5.73 Å². The van der Waals surface area contributed by atoms with Crippen molar-refractivity contribution in [1.29, 1.82) is 0 Å². The topological polar surface area (TPSA) is 104 Å². The summed E-state index contributed by atoms with van der Waals surface area (Å²) in [5.41, 5.74) is 5.35. The number of phosphoric acid groups is 1. The normalized spacial score (nSPS) is 10.6. The molecule has 0 aliphatic heterocycles. The van der Waals surface area contributed by atoms with Gasteiger partial charge < -0.3 is 20.4 Å². The van der Waals surface area contributed by atoms with E-state index >= 15 is 0 Å². The summed E-state index contributed by atoms with van der Waals surface area (Å²) in [4.78, 5) is 23.0. The van der Waals surface area contributed by atoms with E-state index in [2.05, 4.69) is 17.5 Å². The molecule has 0 fully saturated rings. The lowest BCUT2D eigenvalue weighted by Gasteiger charge is -1.90. The Morgan fingerprint density at radius 2 is 2.00 bits per heavy atom. The van der Waals surface area contributed by atoms with Gasteiger partial charge in [-0.05, 0) is 30.8 Å². The van der Waals surface area contributed by atoms with Gasteiger partial charge >= 0.3 is 7.82 Å². The minimum Gasteiger partial charge on any atom is -0.330 e. The van der Waals surface area contributed by atoms with Crippen LogP contribution < -0.4 is 5.73 Å². The Kier molecular flexibility index (Phi) is 7.00. The average molecular weight is 239 g/mol. The Morgan fingerprint density at radius 1 is 1.43 bits per heavy atom. The second kappa shape index (κ2) is 7.11. The fourth-order valence-corrected chi connectivity index (χ4v) is 1.48. The van der Waals surface area contributed by atoms with Crippen molar-refractivity contribution in [2.45, 2.75) is 12.8 Å². The average Bonchev–Trinajstić information content (AvgIpc) is 2.49. The number of rotatable bonds is 3. The zero-order valence-corrected chi connectivity index (χ0v) is 9.25. The molecule has 0 saturated carbocycles. The van der Waals surface area contributed by atoms with Crippen molar-refractivity contribution in [3.8, 4) is 0 Å². The number of nitrogens with two attached hydrogens (primary N) is 1. The first-order valence-electron chi connectivity index (χ1n) is 3.94. The summed E-state index contributed by atoms with van der Waals surface area (Å²) in [6.45, 7) is 0.803. The zero-order valence-electron chi connectivity index (χ0n) is 7.54. The molecule has 0 aliphatic carbocycles. The van der Waals surface area contributed by atoms with Gasteiger partial charge in [-0.2, -0.15) is 0 Å². The first-order valence-corrected chi connectivity index (χ1v) is 6.38. The molecule has 1 aromatic rings. The largest absolute Gasteiger partial charge is 0.466 e. The molecule has 5 N–H and O–H groups in total. The van der Waals surface area contributed by atoms with Gasteiger partial charge in [-0.1, -0.05) is 6.07 Å². The number of hydrogen-bond donors (Lipinski definition) is 4. The molecule has 1 aromatic heterocycles. The highest BCUT2D eigenvalue weighted by atomic mass is 32.1. The molecule has 0 saturated heterocycles. The van der Waals surface area contributed by atoms with E-state index in [1.165, 1.54) is 4.88 Å². The standard InChI is InChI=1S/C7H11NS.H3O4P/c8-5-1-3-7-4-2-6-9-7;1-5(2,3)4/h2,4,6H,1,3,5,8H2;(H3,1,2,3,4). The van der Waals surface area contributed by atoms with E-state index in [-0.39, 0.29) is 0 Å². The van der Waals surface area contributed by atoms with Crippen molar-refractivity contribution in [1.82, 2.24) is 0 Å². The van der Waals surface area contributed by atoms with Gasteiger partial charge in [-0.15, -0.1) is 11.3 Å². The predicted molar refractivity (Wildman–Crippen MR) is 56.0 cm³/mol. The van der Waals surface area contributed by atoms with E-state index in [1.54, 1.807) is 0 Å². The van der Waals surface area contributed by atoms with Crippen LogP contribution in [0.1, 0.15) is 11.3 Å². The summed E-state index contributed by atoms with van der Waals surface area (Å²) >= 11 is 1.81. The van der Waals surface area contributed by atoms with Gasteiger partial charge in [0, 0.05) is 4.88 Å². The Hall–Kier alpha value is -0.230. The van der Waals surface area contributed by atoms with Crippen molar-refractivity contribution in [3.63, 3.8) is 0 Å². The lowest BCUT2D eigenvalue weighted by atomic mass is 10.3. The number of thiophene rings is 1. The van der Waals surface area contributed by atoms with E-state index < -0.39 is 7.82 Å². The molecule has 0 aromatic carbocycles. The van der Waals surface area contributed by atoms with Crippen LogP contribution in [0.3, 0.4) is 0 Å². The quantitative estimate of drug-likeness (QED) is 0.581. The predicted octanol–water partition coefficient (Wildman–Crippen LogP) is 0.711. The van der Waals surface area contributed by atoms with Crippen LogP contribution in [0.2, 0.25) is 0 Å². The highest BCUT2D eigenvalue weighted by molar-refractivity contribution is 7.45. The van der Waals surface area contributed by atoms with Gasteiger partial charge in [-0.25, -0.2) is 4.57 Å². The Bertz CT molecular complexity index is 263. The monoisotopic (exact) mass is 239 g/mol. The molecular weight excluding hydrogens is 225 g/mol. The van der Waals surface area contributed by atoms with E-state index in [1.807, 2.05) is 11.3 Å². The Balaban J connectivity index is 0.000000292. The highest BCUT2D eigenvalue weighted by Gasteiger charge is 2.00. The number of aryl methyl sites for hydroxylation is 1. The molecule has 1 heterocycles. The summed E-state index contributed by atoms with van der Waals surface area (Å²) in [5.74, 6) is 0. The fraction of sp³-hybridized carbons (Fsp3) is 0.429. The molecule has 0 spiro atoms. The second-order valence-electron chi connectivity index (χ2n) is 2.48. The van der Waals surface area contributed by atoms with Crippen molar-refractivity contribution >= 4 is 19.2 Å². The summed E-state index contributed by atoms with van der Waals surface area (Å²) in [5, 5.41) is 2.10. The first-order chi connectivity index (χ1) is 6.43. The molecule has 1 rings (SSSR count). The van der Waals surface area contributed by atoms with Crippen LogP contribution in [-0.2, 0) is 11.0 Å². The minimum absolute atomic E-state index is 0.803. The summed E-state index contributed by atoms with van der Waals surface area (Å²) in [7, 11) is -4.64. The van der Waals surface area contributed by atoms with Crippen LogP contribution in [0.15, 0.2) is 17.5 Å². The van der Waals surface area contributed by atoms with Crippen LogP contribution in [0.4, 0.5) is 0 Å². The van der Waals surface area contributed by atoms with Crippen LogP contribution in [0, 0.1) is 0 Å². The molecule has 0 amide bonds. The molecule has 0 atom stereocenters. The van der Waals surface area contributed by atoms with Gasteiger partial charge in [0.05, 0.1) is 0 Å². The van der Waals surface area contributed by atoms with E-state index in [0.717, 1.165) is 19.4 Å². The van der Waals surface area contributed by atoms with Crippen LogP contribution in [0.25, 0.3) is 0 Å². The Morgan fingerprint density at radius 3 is 2.36 bits per heavy atom. The van der Waals surface area contributed by atoms with E-state index in [9.17, 15) is 0 Å². The SMILES string of the molecule is NCCCc1cccs1.O=P(O)(O)O. The highest BCUT2D eigenvalue weighted by Crippen LogP contribution is 2.25. The maximum absolute atomic E-state index is 8.88. The molecule has 0 radical (unpaired) electrons. The lowest BCUT2D eigenvalue weighted by Crippen LogP contribution is -1.98. The van der Waals surface area contributed by atoms with Crippen molar-refractivity contribution < 1.29 is 19.2 Å². The van der Waals surface area contributed by atoms with Gasteiger partial charge in [0.25, 0.3) is 0 Å². The van der Waals surface area contributed by atoms with Gasteiger partial charge in [-0.3, -0.25) is 0 Å². The summed E-state index contributed by atoms with van der Waals surface area (Å²) in [6.07, 6.45) is 2.26. The zero-order chi connectivity index (χ0) is 11.0. The van der Waals surface area contributed by atoms with Crippen molar-refractivity contribution in [3.05, 3.63) is 22.4 Å². The number of hydrogen-bond acceptors (Lipinski definition) is 3. The third-order valence-corrected chi connectivity index (χ3v) is 2.14. The maximum Gasteiger partial charge on any atom is 0.466 e. The smallest absolute Gasteiger partial charge is 0.330 e. The molecule has 5 nitrogen and oxygen atoms in total. The Labute approximate surface area is 86.4 Å². The maximum atomic E-state index is 8.88. The van der Waals surface area contributed by atoms with Gasteiger partial charge in [0.15, 0.2) is 0 Å². The van der Waals surface area contributed by atoms with E-state index in [4.69, 9.17) is 25.0 Å². The first kappa shape index (κ1) is 13.8. The van der Waals surface area contributed by atoms with Crippen molar-refractivity contribution in [2.75, 3.05) is 6.54 Å². The second-order valence-corrected chi connectivity index (χ2v) is 4.54. The summed E-state index contributed by atoms with van der Waals surface area (Å²) < 4.78 is 8.88. The third kappa shape index (κ3) is 11.8. The fourth-order valence-electron chi connectivity index (χ4n) is 0.731. The minimum atomic E-state index is -4.64.